The van der Waals surface area contributed by atoms with E-state index < -0.39 is 5.60 Å². The van der Waals surface area contributed by atoms with Crippen LogP contribution in [0, 0.1) is 6.92 Å². The van der Waals surface area contributed by atoms with E-state index in [0.29, 0.717) is 6.61 Å². The minimum atomic E-state index is -0.435. The van der Waals surface area contributed by atoms with E-state index in [1.165, 1.54) is 0 Å². The molecule has 2 atom stereocenters. The zero-order valence-corrected chi connectivity index (χ0v) is 18.4. The summed E-state index contributed by atoms with van der Waals surface area (Å²) in [5.41, 5.74) is 0.705. The molecule has 0 aromatic heterocycles. The van der Waals surface area contributed by atoms with Gasteiger partial charge in [-0.3, -0.25) is 9.80 Å². The lowest BCUT2D eigenvalue weighted by Crippen LogP contribution is -2.56. The van der Waals surface area contributed by atoms with Crippen molar-refractivity contribution in [3.63, 3.8) is 0 Å². The predicted molar refractivity (Wildman–Crippen MR) is 110 cm³/mol. The molecule has 0 N–H and O–H groups in total. The van der Waals surface area contributed by atoms with Crippen LogP contribution < -0.4 is 4.74 Å². The van der Waals surface area contributed by atoms with Gasteiger partial charge in [-0.05, 0) is 59.1 Å². The van der Waals surface area contributed by atoms with E-state index in [1.807, 2.05) is 43.9 Å². The summed E-state index contributed by atoms with van der Waals surface area (Å²) in [6.07, 6.45) is 2.99. The average Bonchev–Trinajstić information content (AvgIpc) is 2.85. The number of fused-ring (bicyclic) bond motifs is 2. The Hall–Kier alpha value is -1.27. The molecule has 1 aromatic rings. The van der Waals surface area contributed by atoms with Crippen LogP contribution >= 0.6 is 15.9 Å². The molecule has 2 aliphatic heterocycles. The first-order valence-electron chi connectivity index (χ1n) is 9.86. The van der Waals surface area contributed by atoms with Crippen LogP contribution in [0.3, 0.4) is 0 Å². The normalized spacial score (nSPS) is 22.8. The molecular formula is C21H31BrN2O3. The molecule has 0 saturated carbocycles. The highest BCUT2D eigenvalue weighted by Gasteiger charge is 2.43. The third kappa shape index (κ3) is 5.17. The lowest BCUT2D eigenvalue weighted by molar-refractivity contribution is -0.00483. The maximum atomic E-state index is 12.5. The van der Waals surface area contributed by atoms with Crippen LogP contribution in [0.4, 0.5) is 4.79 Å². The van der Waals surface area contributed by atoms with Crippen LogP contribution in [0.15, 0.2) is 22.7 Å². The Bertz CT molecular complexity index is 660. The molecular weight excluding hydrogens is 408 g/mol. The Morgan fingerprint density at radius 1 is 1.22 bits per heavy atom. The number of rotatable bonds is 5. The largest absolute Gasteiger partial charge is 0.493 e. The highest BCUT2D eigenvalue weighted by Crippen LogP contribution is 2.32. The van der Waals surface area contributed by atoms with Gasteiger partial charge >= 0.3 is 6.09 Å². The zero-order valence-electron chi connectivity index (χ0n) is 16.8. The van der Waals surface area contributed by atoms with Crippen molar-refractivity contribution < 1.29 is 14.3 Å². The first-order chi connectivity index (χ1) is 12.7. The van der Waals surface area contributed by atoms with Crippen molar-refractivity contribution in [3.8, 4) is 5.75 Å². The predicted octanol–water partition coefficient (Wildman–Crippen LogP) is 4.61. The highest BCUT2D eigenvalue weighted by atomic mass is 79.9. The summed E-state index contributed by atoms with van der Waals surface area (Å²) in [5, 5.41) is 0. The van der Waals surface area contributed by atoms with Gasteiger partial charge in [0.25, 0.3) is 0 Å². The van der Waals surface area contributed by atoms with E-state index in [9.17, 15) is 4.79 Å². The molecule has 6 heteroatoms. The van der Waals surface area contributed by atoms with Crippen molar-refractivity contribution in [1.29, 1.82) is 0 Å². The summed E-state index contributed by atoms with van der Waals surface area (Å²) in [5.74, 6) is 0.944. The van der Waals surface area contributed by atoms with Gasteiger partial charge in [0.15, 0.2) is 0 Å². The Morgan fingerprint density at radius 3 is 2.52 bits per heavy atom. The van der Waals surface area contributed by atoms with Gasteiger partial charge in [0.05, 0.1) is 6.61 Å². The Morgan fingerprint density at radius 2 is 1.89 bits per heavy atom. The van der Waals surface area contributed by atoms with Crippen LogP contribution in [0.25, 0.3) is 0 Å². The fourth-order valence-electron chi connectivity index (χ4n) is 4.00. The molecule has 1 aromatic carbocycles. The molecule has 2 saturated heterocycles. The molecule has 2 fully saturated rings. The minimum Gasteiger partial charge on any atom is -0.493 e. The number of amides is 1. The Kier molecular flexibility index (Phi) is 6.36. The van der Waals surface area contributed by atoms with Gasteiger partial charge in [-0.15, -0.1) is 0 Å². The SMILES string of the molecule is Cc1c(Br)cccc1OCCCN1CC2CCC(C1)N2C(=O)OC(C)(C)C. The number of carbonyl (C=O) groups excluding carboxylic acids is 1. The summed E-state index contributed by atoms with van der Waals surface area (Å²) >= 11 is 3.54. The van der Waals surface area contributed by atoms with Crippen LogP contribution in [0.1, 0.15) is 45.6 Å². The van der Waals surface area contributed by atoms with E-state index >= 15 is 0 Å². The number of likely N-dealkylation sites (tertiary alicyclic amines) is 1. The molecule has 5 nitrogen and oxygen atoms in total. The molecule has 3 rings (SSSR count). The summed E-state index contributed by atoms with van der Waals surface area (Å²) in [6.45, 7) is 11.4. The van der Waals surface area contributed by atoms with E-state index in [0.717, 1.165) is 54.7 Å². The number of ether oxygens (including phenoxy) is 2. The van der Waals surface area contributed by atoms with Gasteiger partial charge in [-0.25, -0.2) is 4.79 Å². The molecule has 1 amide bonds. The third-order valence-corrected chi connectivity index (χ3v) is 6.12. The van der Waals surface area contributed by atoms with Crippen molar-refractivity contribution in [2.75, 3.05) is 26.2 Å². The average molecular weight is 439 g/mol. The van der Waals surface area contributed by atoms with Crippen molar-refractivity contribution in [3.05, 3.63) is 28.2 Å². The number of carbonyl (C=O) groups is 1. The maximum absolute atomic E-state index is 12.5. The summed E-state index contributed by atoms with van der Waals surface area (Å²) in [7, 11) is 0. The molecule has 2 unspecified atom stereocenters. The number of hydrogen-bond donors (Lipinski definition) is 0. The Labute approximate surface area is 171 Å². The number of hydrogen-bond acceptors (Lipinski definition) is 4. The number of halogens is 1. The van der Waals surface area contributed by atoms with E-state index in [-0.39, 0.29) is 18.2 Å². The van der Waals surface area contributed by atoms with Crippen LogP contribution in [0.5, 0.6) is 5.75 Å². The molecule has 150 valence electrons. The number of piperazine rings is 1. The van der Waals surface area contributed by atoms with Gasteiger partial charge in [0.2, 0.25) is 0 Å². The van der Waals surface area contributed by atoms with Crippen molar-refractivity contribution in [2.24, 2.45) is 0 Å². The first-order valence-corrected chi connectivity index (χ1v) is 10.7. The highest BCUT2D eigenvalue weighted by molar-refractivity contribution is 9.10. The molecule has 0 aliphatic carbocycles. The van der Waals surface area contributed by atoms with Gasteiger partial charge in [-0.2, -0.15) is 0 Å². The van der Waals surface area contributed by atoms with Crippen LogP contribution in [-0.2, 0) is 4.74 Å². The second-order valence-electron chi connectivity index (χ2n) is 8.60. The monoisotopic (exact) mass is 438 g/mol. The van der Waals surface area contributed by atoms with Crippen molar-refractivity contribution in [2.45, 2.75) is 64.6 Å². The van der Waals surface area contributed by atoms with E-state index in [4.69, 9.17) is 9.47 Å². The van der Waals surface area contributed by atoms with Gasteiger partial charge in [-0.1, -0.05) is 22.0 Å². The van der Waals surface area contributed by atoms with Crippen LogP contribution in [0.2, 0.25) is 0 Å². The zero-order chi connectivity index (χ0) is 19.6. The van der Waals surface area contributed by atoms with Gasteiger partial charge in [0.1, 0.15) is 11.4 Å². The topological polar surface area (TPSA) is 42.0 Å². The first kappa shape index (κ1) is 20.5. The molecule has 0 radical (unpaired) electrons. The minimum absolute atomic E-state index is 0.150. The smallest absolute Gasteiger partial charge is 0.410 e. The van der Waals surface area contributed by atoms with Gasteiger partial charge < -0.3 is 9.47 Å². The van der Waals surface area contributed by atoms with Crippen LogP contribution in [-0.4, -0.2) is 59.8 Å². The summed E-state index contributed by atoms with van der Waals surface area (Å²) in [4.78, 5) is 17.0. The summed E-state index contributed by atoms with van der Waals surface area (Å²) < 4.78 is 12.6. The third-order valence-electron chi connectivity index (χ3n) is 5.26. The standard InChI is InChI=1S/C21H31BrN2O3/c1-15-18(22)7-5-8-19(15)26-12-6-11-23-13-16-9-10-17(14-23)24(16)20(25)27-21(2,3)4/h5,7-8,16-17H,6,9-14H2,1-4H3. The molecule has 27 heavy (non-hydrogen) atoms. The Balaban J connectivity index is 1.45. The van der Waals surface area contributed by atoms with E-state index in [1.54, 1.807) is 0 Å². The van der Waals surface area contributed by atoms with E-state index in [2.05, 4.69) is 27.8 Å². The fourth-order valence-corrected chi connectivity index (χ4v) is 4.35. The summed E-state index contributed by atoms with van der Waals surface area (Å²) in [6, 6.07) is 6.61. The second kappa shape index (κ2) is 8.39. The van der Waals surface area contributed by atoms with Crippen molar-refractivity contribution in [1.82, 2.24) is 9.80 Å². The second-order valence-corrected chi connectivity index (χ2v) is 9.45. The molecule has 2 heterocycles. The van der Waals surface area contributed by atoms with Crippen molar-refractivity contribution >= 4 is 22.0 Å². The number of nitrogens with zero attached hydrogens (tertiary/aromatic N) is 2. The number of benzene rings is 1. The molecule has 2 aliphatic rings. The molecule has 0 spiro atoms. The molecule has 2 bridgehead atoms. The fraction of sp³-hybridized carbons (Fsp3) is 0.667. The quantitative estimate of drug-likeness (QED) is 0.629. The maximum Gasteiger partial charge on any atom is 0.410 e. The lowest BCUT2D eigenvalue weighted by atomic mass is 10.2. The lowest BCUT2D eigenvalue weighted by Gasteiger charge is -2.41. The van der Waals surface area contributed by atoms with Gasteiger partial charge in [0, 0.05) is 41.8 Å².